The minimum Gasteiger partial charge on any atom is -0.456 e. The molecule has 2 rings (SSSR count). The second-order valence-corrected chi connectivity index (χ2v) is 4.19. The fourth-order valence-corrected chi connectivity index (χ4v) is 1.70. The molecule has 0 saturated carbocycles. The van der Waals surface area contributed by atoms with E-state index in [1.807, 2.05) is 56.3 Å². The van der Waals surface area contributed by atoms with E-state index in [9.17, 15) is 0 Å². The van der Waals surface area contributed by atoms with Crippen molar-refractivity contribution >= 4 is 11.6 Å². The summed E-state index contributed by atoms with van der Waals surface area (Å²) < 4.78 is 5.71. The molecule has 2 aromatic carbocycles. The number of hydrogen-bond donors (Lipinski definition) is 0. The van der Waals surface area contributed by atoms with Crippen LogP contribution in [0.4, 0.5) is 0 Å². The summed E-state index contributed by atoms with van der Waals surface area (Å²) in [5.74, 6) is 1.50. The summed E-state index contributed by atoms with van der Waals surface area (Å²) in [6.07, 6.45) is 0. The Bertz CT molecular complexity index is 492. The van der Waals surface area contributed by atoms with Gasteiger partial charge in [-0.15, -0.1) is 0 Å². The molecule has 0 heterocycles. The van der Waals surface area contributed by atoms with Crippen molar-refractivity contribution in [2.24, 2.45) is 0 Å². The largest absolute Gasteiger partial charge is 0.456 e. The maximum absolute atomic E-state index is 6.13. The van der Waals surface area contributed by atoms with Crippen molar-refractivity contribution in [3.63, 3.8) is 0 Å². The number of para-hydroxylation sites is 1. The van der Waals surface area contributed by atoms with Crippen LogP contribution in [0.25, 0.3) is 0 Å². The van der Waals surface area contributed by atoms with Gasteiger partial charge in [0.15, 0.2) is 0 Å². The monoisotopic (exact) mass is 232 g/mol. The number of hydrogen-bond acceptors (Lipinski definition) is 1. The Morgan fingerprint density at radius 1 is 0.938 bits per heavy atom. The molecule has 0 unspecified atom stereocenters. The zero-order valence-electron chi connectivity index (χ0n) is 9.33. The lowest BCUT2D eigenvalue weighted by Crippen LogP contribution is -1.88. The molecule has 0 fully saturated rings. The summed E-state index contributed by atoms with van der Waals surface area (Å²) >= 11 is 6.13. The smallest absolute Gasteiger partial charge is 0.146 e. The molecule has 0 saturated heterocycles. The first-order valence-electron chi connectivity index (χ1n) is 5.16. The van der Waals surface area contributed by atoms with Crippen LogP contribution in [0.3, 0.4) is 0 Å². The molecule has 0 aromatic heterocycles. The van der Waals surface area contributed by atoms with Gasteiger partial charge < -0.3 is 4.74 Å². The molecule has 0 radical (unpaired) electrons. The van der Waals surface area contributed by atoms with Gasteiger partial charge in [-0.1, -0.05) is 29.8 Å². The summed E-state index contributed by atoms with van der Waals surface area (Å²) in [5.41, 5.74) is 2.35. The predicted octanol–water partition coefficient (Wildman–Crippen LogP) is 4.75. The third kappa shape index (κ3) is 2.37. The summed E-state index contributed by atoms with van der Waals surface area (Å²) in [5, 5.41) is 0.645. The minimum atomic E-state index is 0.645. The Kier molecular flexibility index (Phi) is 3.16. The van der Waals surface area contributed by atoms with Crippen LogP contribution in [0.5, 0.6) is 11.5 Å². The molecule has 2 heteroatoms. The Labute approximate surface area is 101 Å². The molecular formula is C14H13ClO. The van der Waals surface area contributed by atoms with Gasteiger partial charge >= 0.3 is 0 Å². The average molecular weight is 233 g/mol. The Hall–Kier alpha value is -1.47. The highest BCUT2D eigenvalue weighted by molar-refractivity contribution is 6.32. The molecular weight excluding hydrogens is 220 g/mol. The summed E-state index contributed by atoms with van der Waals surface area (Å²) in [6, 6.07) is 13.5. The van der Waals surface area contributed by atoms with Crippen LogP contribution >= 0.6 is 11.6 Å². The van der Waals surface area contributed by atoms with Crippen molar-refractivity contribution < 1.29 is 4.74 Å². The average Bonchev–Trinajstić information content (AvgIpc) is 2.27. The van der Waals surface area contributed by atoms with E-state index in [-0.39, 0.29) is 0 Å². The van der Waals surface area contributed by atoms with Crippen molar-refractivity contribution in [3.8, 4) is 11.5 Å². The van der Waals surface area contributed by atoms with Gasteiger partial charge in [-0.2, -0.15) is 0 Å². The number of halogens is 1. The number of rotatable bonds is 2. The minimum absolute atomic E-state index is 0.645. The molecule has 82 valence electrons. The van der Waals surface area contributed by atoms with E-state index in [0.29, 0.717) is 10.8 Å². The van der Waals surface area contributed by atoms with E-state index in [0.717, 1.165) is 5.75 Å². The van der Waals surface area contributed by atoms with Gasteiger partial charge in [0.2, 0.25) is 0 Å². The van der Waals surface area contributed by atoms with Crippen molar-refractivity contribution in [1.29, 1.82) is 0 Å². The first-order valence-corrected chi connectivity index (χ1v) is 5.54. The first kappa shape index (κ1) is 11.0. The predicted molar refractivity (Wildman–Crippen MR) is 67.4 cm³/mol. The van der Waals surface area contributed by atoms with Crippen LogP contribution in [0, 0.1) is 13.8 Å². The van der Waals surface area contributed by atoms with Gasteiger partial charge in [0.25, 0.3) is 0 Å². The molecule has 16 heavy (non-hydrogen) atoms. The third-order valence-electron chi connectivity index (χ3n) is 2.52. The first-order chi connectivity index (χ1) is 7.66. The SMILES string of the molecule is Cc1cc(Cl)c(Oc2ccccc2)cc1C. The van der Waals surface area contributed by atoms with Gasteiger partial charge in [-0.3, -0.25) is 0 Å². The molecule has 0 amide bonds. The number of ether oxygens (including phenoxy) is 1. The lowest BCUT2D eigenvalue weighted by atomic mass is 10.1. The van der Waals surface area contributed by atoms with E-state index >= 15 is 0 Å². The zero-order valence-corrected chi connectivity index (χ0v) is 10.1. The fraction of sp³-hybridized carbons (Fsp3) is 0.143. The van der Waals surface area contributed by atoms with E-state index in [1.54, 1.807) is 0 Å². The standard InChI is InChI=1S/C14H13ClO/c1-10-8-13(15)14(9-11(10)2)16-12-6-4-3-5-7-12/h3-9H,1-2H3. The Balaban J connectivity index is 2.32. The summed E-state index contributed by atoms with van der Waals surface area (Å²) in [4.78, 5) is 0. The van der Waals surface area contributed by atoms with Crippen LogP contribution in [-0.2, 0) is 0 Å². The maximum atomic E-state index is 6.13. The van der Waals surface area contributed by atoms with Gasteiger partial charge in [0, 0.05) is 0 Å². The zero-order chi connectivity index (χ0) is 11.5. The van der Waals surface area contributed by atoms with Crippen LogP contribution in [0.2, 0.25) is 5.02 Å². The lowest BCUT2D eigenvalue weighted by molar-refractivity contribution is 0.482. The van der Waals surface area contributed by atoms with Gasteiger partial charge in [0.05, 0.1) is 5.02 Å². The topological polar surface area (TPSA) is 9.23 Å². The fourth-order valence-electron chi connectivity index (χ4n) is 1.45. The van der Waals surface area contributed by atoms with Crippen LogP contribution in [0.1, 0.15) is 11.1 Å². The highest BCUT2D eigenvalue weighted by atomic mass is 35.5. The third-order valence-corrected chi connectivity index (χ3v) is 2.81. The summed E-state index contributed by atoms with van der Waals surface area (Å²) in [7, 11) is 0. The van der Waals surface area contributed by atoms with Crippen molar-refractivity contribution in [1.82, 2.24) is 0 Å². The highest BCUT2D eigenvalue weighted by Crippen LogP contribution is 2.31. The molecule has 2 aromatic rings. The van der Waals surface area contributed by atoms with Gasteiger partial charge in [-0.25, -0.2) is 0 Å². The summed E-state index contributed by atoms with van der Waals surface area (Å²) in [6.45, 7) is 4.08. The van der Waals surface area contributed by atoms with E-state index in [2.05, 4.69) is 0 Å². The Morgan fingerprint density at radius 3 is 2.25 bits per heavy atom. The highest BCUT2D eigenvalue weighted by Gasteiger charge is 2.05. The molecule has 0 aliphatic carbocycles. The normalized spacial score (nSPS) is 10.2. The second kappa shape index (κ2) is 4.58. The molecule has 0 bridgehead atoms. The van der Waals surface area contributed by atoms with Crippen LogP contribution < -0.4 is 4.74 Å². The quantitative estimate of drug-likeness (QED) is 0.726. The van der Waals surface area contributed by atoms with E-state index in [1.165, 1.54) is 11.1 Å². The number of aryl methyl sites for hydroxylation is 2. The van der Waals surface area contributed by atoms with E-state index in [4.69, 9.17) is 16.3 Å². The molecule has 0 atom stereocenters. The molecule has 0 N–H and O–H groups in total. The van der Waals surface area contributed by atoms with Crippen molar-refractivity contribution in [2.75, 3.05) is 0 Å². The maximum Gasteiger partial charge on any atom is 0.146 e. The number of benzene rings is 2. The molecule has 1 nitrogen and oxygen atoms in total. The van der Waals surface area contributed by atoms with Crippen molar-refractivity contribution in [2.45, 2.75) is 13.8 Å². The van der Waals surface area contributed by atoms with Gasteiger partial charge in [0.1, 0.15) is 11.5 Å². The van der Waals surface area contributed by atoms with Crippen LogP contribution in [-0.4, -0.2) is 0 Å². The molecule has 0 aliphatic rings. The van der Waals surface area contributed by atoms with Gasteiger partial charge in [-0.05, 0) is 49.2 Å². The second-order valence-electron chi connectivity index (χ2n) is 3.78. The van der Waals surface area contributed by atoms with Crippen molar-refractivity contribution in [3.05, 3.63) is 58.6 Å². The molecule has 0 spiro atoms. The molecule has 0 aliphatic heterocycles. The van der Waals surface area contributed by atoms with E-state index < -0.39 is 0 Å². The lowest BCUT2D eigenvalue weighted by Gasteiger charge is -2.09. The van der Waals surface area contributed by atoms with Crippen LogP contribution in [0.15, 0.2) is 42.5 Å². The Morgan fingerprint density at radius 2 is 1.56 bits per heavy atom.